The summed E-state index contributed by atoms with van der Waals surface area (Å²) < 4.78 is 11.5. The van der Waals surface area contributed by atoms with Gasteiger partial charge in [-0.15, -0.1) is 0 Å². The predicted octanol–water partition coefficient (Wildman–Crippen LogP) is 3.16. The molecule has 0 radical (unpaired) electrons. The number of aliphatic hydroxyl groups is 1. The Kier molecular flexibility index (Phi) is 3.41. The van der Waals surface area contributed by atoms with Gasteiger partial charge in [0.15, 0.2) is 0 Å². The molecule has 3 rings (SSSR count). The third kappa shape index (κ3) is 2.52. The van der Waals surface area contributed by atoms with Gasteiger partial charge in [-0.25, -0.2) is 0 Å². The average Bonchev–Trinajstić information content (AvgIpc) is 2.41. The lowest BCUT2D eigenvalue weighted by atomic mass is 9.92. The van der Waals surface area contributed by atoms with E-state index in [9.17, 15) is 10.2 Å². The second-order valence-electron chi connectivity index (χ2n) is 4.77. The third-order valence-corrected chi connectivity index (χ3v) is 3.84. The van der Waals surface area contributed by atoms with E-state index in [2.05, 4.69) is 15.9 Å². The highest BCUT2D eigenvalue weighted by molar-refractivity contribution is 9.10. The molecule has 1 aliphatic rings. The van der Waals surface area contributed by atoms with Crippen LogP contribution in [-0.4, -0.2) is 23.4 Å². The highest BCUT2D eigenvalue weighted by Crippen LogP contribution is 2.36. The maximum atomic E-state index is 10.2. The normalized spacial score (nSPS) is 16.5. The van der Waals surface area contributed by atoms with Crippen LogP contribution in [0.15, 0.2) is 46.9 Å². The first-order valence-electron chi connectivity index (χ1n) is 6.14. The van der Waals surface area contributed by atoms with Crippen LogP contribution in [0, 0.1) is 0 Å². The second kappa shape index (κ2) is 5.09. The Balaban J connectivity index is 1.82. The smallest absolute Gasteiger partial charge is 0.141 e. The maximum absolute atomic E-state index is 10.2. The molecule has 2 aromatic carbocycles. The fourth-order valence-electron chi connectivity index (χ4n) is 1.98. The van der Waals surface area contributed by atoms with Crippen molar-refractivity contribution in [1.29, 1.82) is 0 Å². The molecule has 5 heteroatoms. The van der Waals surface area contributed by atoms with Crippen LogP contribution in [0.1, 0.15) is 5.56 Å². The minimum Gasteiger partial charge on any atom is -0.508 e. The molecule has 2 N–H and O–H groups in total. The van der Waals surface area contributed by atoms with E-state index in [-0.39, 0.29) is 5.75 Å². The second-order valence-corrected chi connectivity index (χ2v) is 5.62. The summed E-state index contributed by atoms with van der Waals surface area (Å²) in [7, 11) is 0. The van der Waals surface area contributed by atoms with Crippen LogP contribution >= 0.6 is 15.9 Å². The van der Waals surface area contributed by atoms with Crippen LogP contribution in [0.2, 0.25) is 0 Å². The molecule has 0 bridgehead atoms. The van der Waals surface area contributed by atoms with Crippen molar-refractivity contribution in [3.05, 3.63) is 52.5 Å². The van der Waals surface area contributed by atoms with Crippen molar-refractivity contribution < 1.29 is 19.7 Å². The Labute approximate surface area is 124 Å². The largest absolute Gasteiger partial charge is 0.508 e. The molecule has 104 valence electrons. The summed E-state index contributed by atoms with van der Waals surface area (Å²) in [6.45, 7) is 0.634. The van der Waals surface area contributed by atoms with Crippen molar-refractivity contribution in [2.45, 2.75) is 5.60 Å². The molecule has 4 nitrogen and oxygen atoms in total. The first kappa shape index (κ1) is 13.4. The van der Waals surface area contributed by atoms with Crippen LogP contribution in [0.4, 0.5) is 0 Å². The van der Waals surface area contributed by atoms with Gasteiger partial charge in [0.1, 0.15) is 22.8 Å². The molecular formula is C15H13BrO4. The van der Waals surface area contributed by atoms with Gasteiger partial charge in [0.05, 0.1) is 17.7 Å². The highest BCUT2D eigenvalue weighted by atomic mass is 79.9. The van der Waals surface area contributed by atoms with E-state index < -0.39 is 5.60 Å². The fraction of sp³-hybridized carbons (Fsp3) is 0.200. The summed E-state index contributed by atoms with van der Waals surface area (Å²) >= 11 is 3.44. The quantitative estimate of drug-likeness (QED) is 0.903. The summed E-state index contributed by atoms with van der Waals surface area (Å²) in [6.07, 6.45) is 0. The zero-order chi connectivity index (χ0) is 14.2. The van der Waals surface area contributed by atoms with Crippen molar-refractivity contribution in [2.24, 2.45) is 0 Å². The van der Waals surface area contributed by atoms with Gasteiger partial charge in [0.25, 0.3) is 0 Å². The van der Waals surface area contributed by atoms with E-state index in [1.165, 1.54) is 0 Å². The Hall–Kier alpha value is -1.56. The zero-order valence-electron chi connectivity index (χ0n) is 10.5. The van der Waals surface area contributed by atoms with Crippen LogP contribution < -0.4 is 4.74 Å². The number of aromatic hydroxyl groups is 1. The van der Waals surface area contributed by atoms with Gasteiger partial charge in [0, 0.05) is 0 Å². The Bertz CT molecular complexity index is 620. The number of phenols is 1. The SMILES string of the molecule is Oc1ccc(Oc2ccc(C3(O)COC3)cc2Br)cc1. The number of ether oxygens (including phenoxy) is 2. The standard InChI is InChI=1S/C15H13BrO4/c16-13-7-10(15(18)8-19-9-15)1-6-14(13)20-12-4-2-11(17)3-5-12/h1-7,17-18H,8-9H2. The van der Waals surface area contributed by atoms with Crippen LogP contribution in [0.3, 0.4) is 0 Å². The molecule has 1 saturated heterocycles. The molecule has 0 aromatic heterocycles. The van der Waals surface area contributed by atoms with Gasteiger partial charge >= 0.3 is 0 Å². The fourth-order valence-corrected chi connectivity index (χ4v) is 2.44. The Morgan fingerprint density at radius 1 is 1.10 bits per heavy atom. The van der Waals surface area contributed by atoms with Gasteiger partial charge in [-0.3, -0.25) is 0 Å². The lowest BCUT2D eigenvalue weighted by molar-refractivity contribution is -0.184. The summed E-state index contributed by atoms with van der Waals surface area (Å²) in [6, 6.07) is 11.9. The molecule has 20 heavy (non-hydrogen) atoms. The zero-order valence-corrected chi connectivity index (χ0v) is 12.1. The lowest BCUT2D eigenvalue weighted by Gasteiger charge is -2.36. The monoisotopic (exact) mass is 336 g/mol. The number of halogens is 1. The summed E-state index contributed by atoms with van der Waals surface area (Å²) in [5.74, 6) is 1.46. The van der Waals surface area contributed by atoms with Gasteiger partial charge in [0.2, 0.25) is 0 Å². The minimum absolute atomic E-state index is 0.193. The van der Waals surface area contributed by atoms with Gasteiger partial charge in [-0.1, -0.05) is 6.07 Å². The lowest BCUT2D eigenvalue weighted by Crippen LogP contribution is -2.46. The van der Waals surface area contributed by atoms with E-state index in [0.29, 0.717) is 24.7 Å². The van der Waals surface area contributed by atoms with Gasteiger partial charge in [-0.2, -0.15) is 0 Å². The molecule has 0 unspecified atom stereocenters. The number of benzene rings is 2. The van der Waals surface area contributed by atoms with Crippen LogP contribution in [0.5, 0.6) is 17.2 Å². The maximum Gasteiger partial charge on any atom is 0.141 e. The third-order valence-electron chi connectivity index (χ3n) is 3.22. The van der Waals surface area contributed by atoms with Crippen LogP contribution in [0.25, 0.3) is 0 Å². The van der Waals surface area contributed by atoms with E-state index in [1.54, 1.807) is 30.3 Å². The van der Waals surface area contributed by atoms with Crippen molar-refractivity contribution >= 4 is 15.9 Å². The molecule has 1 fully saturated rings. The molecule has 1 heterocycles. The number of hydrogen-bond donors (Lipinski definition) is 2. The van der Waals surface area contributed by atoms with E-state index >= 15 is 0 Å². The number of hydrogen-bond acceptors (Lipinski definition) is 4. The molecule has 2 aromatic rings. The van der Waals surface area contributed by atoms with E-state index in [1.807, 2.05) is 12.1 Å². The summed E-state index contributed by atoms with van der Waals surface area (Å²) in [4.78, 5) is 0. The van der Waals surface area contributed by atoms with Crippen molar-refractivity contribution in [3.8, 4) is 17.2 Å². The molecule has 0 saturated carbocycles. The van der Waals surface area contributed by atoms with Crippen molar-refractivity contribution in [2.75, 3.05) is 13.2 Å². The molecular weight excluding hydrogens is 324 g/mol. The Morgan fingerprint density at radius 2 is 1.80 bits per heavy atom. The highest BCUT2D eigenvalue weighted by Gasteiger charge is 2.38. The van der Waals surface area contributed by atoms with Crippen LogP contribution in [-0.2, 0) is 10.3 Å². The molecule has 0 spiro atoms. The minimum atomic E-state index is -0.889. The summed E-state index contributed by atoms with van der Waals surface area (Å²) in [5, 5.41) is 19.4. The first-order valence-corrected chi connectivity index (χ1v) is 6.93. The molecule has 0 aliphatic carbocycles. The molecule has 0 atom stereocenters. The number of rotatable bonds is 3. The van der Waals surface area contributed by atoms with Gasteiger partial charge in [-0.05, 0) is 57.9 Å². The predicted molar refractivity (Wildman–Crippen MR) is 77.0 cm³/mol. The molecule has 0 amide bonds. The van der Waals surface area contributed by atoms with E-state index in [0.717, 1.165) is 10.0 Å². The van der Waals surface area contributed by atoms with Gasteiger partial charge < -0.3 is 19.7 Å². The number of phenolic OH excluding ortho intramolecular Hbond substituents is 1. The Morgan fingerprint density at radius 3 is 2.35 bits per heavy atom. The first-order chi connectivity index (χ1) is 9.57. The summed E-state index contributed by atoms with van der Waals surface area (Å²) in [5.41, 5.74) is -0.0896. The van der Waals surface area contributed by atoms with Crippen molar-refractivity contribution in [1.82, 2.24) is 0 Å². The molecule has 1 aliphatic heterocycles. The van der Waals surface area contributed by atoms with Crippen molar-refractivity contribution in [3.63, 3.8) is 0 Å². The average molecular weight is 337 g/mol. The topological polar surface area (TPSA) is 58.9 Å². The van der Waals surface area contributed by atoms with E-state index in [4.69, 9.17) is 9.47 Å².